The summed E-state index contributed by atoms with van der Waals surface area (Å²) < 4.78 is 1.05. The van der Waals surface area contributed by atoms with Gasteiger partial charge in [0.2, 0.25) is 0 Å². The Bertz CT molecular complexity index is 499. The summed E-state index contributed by atoms with van der Waals surface area (Å²) >= 11 is 3.48. The van der Waals surface area contributed by atoms with Crippen LogP contribution in [0.15, 0.2) is 28.7 Å². The van der Waals surface area contributed by atoms with E-state index in [9.17, 15) is 4.79 Å². The molecule has 0 spiro atoms. The van der Waals surface area contributed by atoms with Crippen LogP contribution in [0.1, 0.15) is 31.2 Å². The standard InChI is InChI=1S/C17H23BrN2O/c18-14-4-1-3-13(11-14)12-17(21)16-5-2-10-20(16)15-6-8-19-9-7-15/h1,3-4,11,15-16,19H,2,5-10,12H2. The highest BCUT2D eigenvalue weighted by molar-refractivity contribution is 9.10. The summed E-state index contributed by atoms with van der Waals surface area (Å²) in [6, 6.07) is 8.86. The van der Waals surface area contributed by atoms with Gasteiger partial charge in [-0.05, 0) is 63.0 Å². The van der Waals surface area contributed by atoms with Crippen molar-refractivity contribution in [2.45, 2.75) is 44.2 Å². The molecule has 2 saturated heterocycles. The molecule has 21 heavy (non-hydrogen) atoms. The van der Waals surface area contributed by atoms with E-state index in [-0.39, 0.29) is 6.04 Å². The molecular weight excluding hydrogens is 328 g/mol. The fourth-order valence-electron chi connectivity index (χ4n) is 3.68. The molecule has 0 radical (unpaired) electrons. The normalized spacial score (nSPS) is 24.3. The second-order valence-corrected chi connectivity index (χ2v) is 7.07. The third kappa shape index (κ3) is 3.74. The molecule has 1 aromatic carbocycles. The Morgan fingerprint density at radius 3 is 2.86 bits per heavy atom. The summed E-state index contributed by atoms with van der Waals surface area (Å²) in [6.45, 7) is 3.28. The second-order valence-electron chi connectivity index (χ2n) is 6.15. The number of halogens is 1. The predicted octanol–water partition coefficient (Wildman–Crippen LogP) is 2.78. The molecule has 2 heterocycles. The van der Waals surface area contributed by atoms with Crippen LogP contribution in [0.25, 0.3) is 0 Å². The zero-order valence-electron chi connectivity index (χ0n) is 12.4. The van der Waals surface area contributed by atoms with E-state index >= 15 is 0 Å². The molecular formula is C17H23BrN2O. The first kappa shape index (κ1) is 15.2. The van der Waals surface area contributed by atoms with Crippen molar-refractivity contribution in [3.63, 3.8) is 0 Å². The Kier molecular flexibility index (Phi) is 5.09. The quantitative estimate of drug-likeness (QED) is 0.906. The molecule has 0 aliphatic carbocycles. The number of hydrogen-bond donors (Lipinski definition) is 1. The van der Waals surface area contributed by atoms with Crippen molar-refractivity contribution in [3.8, 4) is 0 Å². The molecule has 0 amide bonds. The van der Waals surface area contributed by atoms with Crippen LogP contribution >= 0.6 is 15.9 Å². The van der Waals surface area contributed by atoms with Crippen molar-refractivity contribution in [3.05, 3.63) is 34.3 Å². The maximum Gasteiger partial charge on any atom is 0.154 e. The minimum atomic E-state index is 0.145. The van der Waals surface area contributed by atoms with Crippen molar-refractivity contribution in [1.82, 2.24) is 10.2 Å². The highest BCUT2D eigenvalue weighted by atomic mass is 79.9. The molecule has 114 valence electrons. The van der Waals surface area contributed by atoms with Crippen LogP contribution in [0.2, 0.25) is 0 Å². The predicted molar refractivity (Wildman–Crippen MR) is 88.5 cm³/mol. The molecule has 0 saturated carbocycles. The SMILES string of the molecule is O=C(Cc1cccc(Br)c1)C1CCCN1C1CCNCC1. The van der Waals surface area contributed by atoms with E-state index in [0.29, 0.717) is 18.2 Å². The smallest absolute Gasteiger partial charge is 0.154 e. The van der Waals surface area contributed by atoms with Gasteiger partial charge in [0.05, 0.1) is 6.04 Å². The number of Topliss-reactive ketones (excluding diaryl/α,β-unsaturated/α-hetero) is 1. The van der Waals surface area contributed by atoms with Gasteiger partial charge in [0, 0.05) is 16.9 Å². The van der Waals surface area contributed by atoms with Gasteiger partial charge in [-0.2, -0.15) is 0 Å². The number of carbonyl (C=O) groups is 1. The first-order chi connectivity index (χ1) is 10.2. The van der Waals surface area contributed by atoms with E-state index in [1.165, 1.54) is 19.3 Å². The van der Waals surface area contributed by atoms with E-state index in [4.69, 9.17) is 0 Å². The van der Waals surface area contributed by atoms with Gasteiger partial charge in [-0.25, -0.2) is 0 Å². The van der Waals surface area contributed by atoms with Gasteiger partial charge in [-0.3, -0.25) is 9.69 Å². The van der Waals surface area contributed by atoms with Gasteiger partial charge in [0.25, 0.3) is 0 Å². The van der Waals surface area contributed by atoms with Gasteiger partial charge in [0.15, 0.2) is 5.78 Å². The van der Waals surface area contributed by atoms with Gasteiger partial charge >= 0.3 is 0 Å². The molecule has 0 bridgehead atoms. The van der Waals surface area contributed by atoms with Crippen LogP contribution in [0.5, 0.6) is 0 Å². The van der Waals surface area contributed by atoms with Crippen molar-refractivity contribution in [2.24, 2.45) is 0 Å². The Labute approximate surface area is 135 Å². The Hall–Kier alpha value is -0.710. The lowest BCUT2D eigenvalue weighted by Crippen LogP contribution is -2.48. The number of rotatable bonds is 4. The van der Waals surface area contributed by atoms with Crippen LogP contribution < -0.4 is 5.32 Å². The van der Waals surface area contributed by atoms with Crippen LogP contribution in [-0.4, -0.2) is 42.4 Å². The molecule has 2 aliphatic rings. The van der Waals surface area contributed by atoms with E-state index in [1.54, 1.807) is 0 Å². The summed E-state index contributed by atoms with van der Waals surface area (Å²) in [6.07, 6.45) is 5.13. The van der Waals surface area contributed by atoms with Crippen molar-refractivity contribution < 1.29 is 4.79 Å². The summed E-state index contributed by atoms with van der Waals surface area (Å²) in [5, 5.41) is 3.41. The topological polar surface area (TPSA) is 32.3 Å². The Morgan fingerprint density at radius 2 is 2.10 bits per heavy atom. The minimum absolute atomic E-state index is 0.145. The van der Waals surface area contributed by atoms with E-state index in [1.807, 2.05) is 18.2 Å². The number of ketones is 1. The summed E-state index contributed by atoms with van der Waals surface area (Å²) in [5.74, 6) is 0.393. The van der Waals surface area contributed by atoms with Crippen molar-refractivity contribution >= 4 is 21.7 Å². The zero-order chi connectivity index (χ0) is 14.7. The number of likely N-dealkylation sites (tertiary alicyclic amines) is 1. The molecule has 1 atom stereocenters. The third-order valence-corrected chi connectivity index (χ3v) is 5.20. The maximum atomic E-state index is 12.7. The average Bonchev–Trinajstić information content (AvgIpc) is 2.98. The van der Waals surface area contributed by atoms with Crippen molar-refractivity contribution in [2.75, 3.05) is 19.6 Å². The fourth-order valence-corrected chi connectivity index (χ4v) is 4.12. The Morgan fingerprint density at radius 1 is 1.29 bits per heavy atom. The summed E-state index contributed by atoms with van der Waals surface area (Å²) in [4.78, 5) is 15.2. The van der Waals surface area contributed by atoms with Crippen LogP contribution in [0.3, 0.4) is 0 Å². The van der Waals surface area contributed by atoms with Crippen LogP contribution in [0, 0.1) is 0 Å². The minimum Gasteiger partial charge on any atom is -0.317 e. The lowest BCUT2D eigenvalue weighted by molar-refractivity contribution is -0.123. The van der Waals surface area contributed by atoms with Crippen LogP contribution in [0.4, 0.5) is 0 Å². The molecule has 2 fully saturated rings. The van der Waals surface area contributed by atoms with Crippen molar-refractivity contribution in [1.29, 1.82) is 0 Å². The number of nitrogens with zero attached hydrogens (tertiary/aromatic N) is 1. The number of hydrogen-bond acceptors (Lipinski definition) is 3. The van der Waals surface area contributed by atoms with Gasteiger partial charge in [0.1, 0.15) is 0 Å². The molecule has 3 nitrogen and oxygen atoms in total. The summed E-state index contributed by atoms with van der Waals surface area (Å²) in [5.41, 5.74) is 1.12. The molecule has 3 rings (SSSR count). The first-order valence-electron chi connectivity index (χ1n) is 7.97. The van der Waals surface area contributed by atoms with E-state index in [2.05, 4.69) is 32.2 Å². The molecule has 2 aliphatic heterocycles. The Balaban J connectivity index is 1.65. The number of piperidine rings is 1. The first-order valence-corrected chi connectivity index (χ1v) is 8.77. The third-order valence-electron chi connectivity index (χ3n) is 4.71. The molecule has 4 heteroatoms. The highest BCUT2D eigenvalue weighted by Crippen LogP contribution is 2.26. The lowest BCUT2D eigenvalue weighted by Gasteiger charge is -2.35. The summed E-state index contributed by atoms with van der Waals surface area (Å²) in [7, 11) is 0. The monoisotopic (exact) mass is 350 g/mol. The average molecular weight is 351 g/mol. The van der Waals surface area contributed by atoms with E-state index < -0.39 is 0 Å². The largest absolute Gasteiger partial charge is 0.317 e. The maximum absolute atomic E-state index is 12.7. The number of carbonyl (C=O) groups excluding carboxylic acids is 1. The number of benzene rings is 1. The van der Waals surface area contributed by atoms with Gasteiger partial charge in [-0.1, -0.05) is 28.1 Å². The fraction of sp³-hybridized carbons (Fsp3) is 0.588. The highest BCUT2D eigenvalue weighted by Gasteiger charge is 2.35. The van der Waals surface area contributed by atoms with Gasteiger partial charge in [-0.15, -0.1) is 0 Å². The van der Waals surface area contributed by atoms with Crippen LogP contribution in [-0.2, 0) is 11.2 Å². The van der Waals surface area contributed by atoms with Gasteiger partial charge < -0.3 is 5.32 Å². The lowest BCUT2D eigenvalue weighted by atomic mass is 9.98. The molecule has 1 unspecified atom stereocenters. The number of nitrogens with one attached hydrogen (secondary N) is 1. The zero-order valence-corrected chi connectivity index (χ0v) is 13.9. The molecule has 1 aromatic rings. The second kappa shape index (κ2) is 7.03. The molecule has 1 N–H and O–H groups in total. The molecule has 0 aromatic heterocycles. The van der Waals surface area contributed by atoms with E-state index in [0.717, 1.165) is 36.1 Å².